The van der Waals surface area contributed by atoms with Crippen molar-refractivity contribution < 1.29 is 14.3 Å². The van der Waals surface area contributed by atoms with Crippen molar-refractivity contribution in [2.24, 2.45) is 0 Å². The summed E-state index contributed by atoms with van der Waals surface area (Å²) in [6.07, 6.45) is 0.686. The van der Waals surface area contributed by atoms with Gasteiger partial charge in [-0.3, -0.25) is 9.59 Å². The second-order valence-electron chi connectivity index (χ2n) is 5.17. The largest absolute Gasteiger partial charge is 0.488 e. The Morgan fingerprint density at radius 1 is 1.22 bits per heavy atom. The van der Waals surface area contributed by atoms with Gasteiger partial charge in [0.05, 0.1) is 5.56 Å². The first-order chi connectivity index (χ1) is 11.0. The second-order valence-corrected chi connectivity index (χ2v) is 5.17. The summed E-state index contributed by atoms with van der Waals surface area (Å²) >= 11 is 0. The number of carbonyl (C=O) groups excluding carboxylic acids is 2. The van der Waals surface area contributed by atoms with Crippen LogP contribution in [0.3, 0.4) is 0 Å². The molecule has 0 fully saturated rings. The van der Waals surface area contributed by atoms with Gasteiger partial charge in [0.15, 0.2) is 0 Å². The summed E-state index contributed by atoms with van der Waals surface area (Å²) in [7, 11) is 3.40. The van der Waals surface area contributed by atoms with E-state index in [-0.39, 0.29) is 12.5 Å². The molecule has 0 bridgehead atoms. The van der Waals surface area contributed by atoms with Crippen molar-refractivity contribution in [3.05, 3.63) is 64.7 Å². The summed E-state index contributed by atoms with van der Waals surface area (Å²) in [5.74, 6) is 0.361. The number of benzene rings is 2. The third kappa shape index (κ3) is 3.95. The van der Waals surface area contributed by atoms with Crippen LogP contribution in [0.15, 0.2) is 42.5 Å². The van der Waals surface area contributed by atoms with E-state index in [0.29, 0.717) is 28.7 Å². The number of hydrogen-bond acceptors (Lipinski definition) is 4. The third-order valence-electron chi connectivity index (χ3n) is 3.26. The fourth-order valence-electron chi connectivity index (χ4n) is 2.00. The Morgan fingerprint density at radius 3 is 2.48 bits per heavy atom. The Labute approximate surface area is 134 Å². The molecule has 5 heteroatoms. The zero-order chi connectivity index (χ0) is 16.8. The highest BCUT2D eigenvalue weighted by Gasteiger charge is 2.08. The van der Waals surface area contributed by atoms with Gasteiger partial charge in [-0.15, -0.1) is 0 Å². The van der Waals surface area contributed by atoms with E-state index in [9.17, 15) is 9.59 Å². The maximum Gasteiger partial charge on any atom is 0.253 e. The van der Waals surface area contributed by atoms with Crippen molar-refractivity contribution in [2.75, 3.05) is 14.1 Å². The monoisotopic (exact) mass is 308 g/mol. The van der Waals surface area contributed by atoms with Crippen LogP contribution in [0.1, 0.15) is 31.8 Å². The quantitative estimate of drug-likeness (QED) is 0.796. The molecule has 0 aliphatic heterocycles. The average molecular weight is 308 g/mol. The summed E-state index contributed by atoms with van der Waals surface area (Å²) in [6, 6.07) is 13.8. The first-order valence-electron chi connectivity index (χ1n) is 6.98. The highest BCUT2D eigenvalue weighted by molar-refractivity contribution is 5.93. The topological polar surface area (TPSA) is 70.4 Å². The van der Waals surface area contributed by atoms with Crippen molar-refractivity contribution >= 4 is 12.2 Å². The Bertz CT molecular complexity index is 759. The van der Waals surface area contributed by atoms with Gasteiger partial charge < -0.3 is 9.64 Å². The predicted octanol–water partition coefficient (Wildman–Crippen LogP) is 2.65. The average Bonchev–Trinajstić information content (AvgIpc) is 2.59. The first-order valence-corrected chi connectivity index (χ1v) is 6.98. The molecule has 1 amide bonds. The van der Waals surface area contributed by atoms with Gasteiger partial charge in [0, 0.05) is 25.2 Å². The molecule has 2 aromatic rings. The van der Waals surface area contributed by atoms with E-state index >= 15 is 0 Å². The molecule has 0 saturated heterocycles. The van der Waals surface area contributed by atoms with E-state index in [2.05, 4.69) is 0 Å². The normalized spacial score (nSPS) is 9.78. The Hall–Kier alpha value is -3.13. The van der Waals surface area contributed by atoms with E-state index < -0.39 is 0 Å². The maximum absolute atomic E-state index is 11.8. The van der Waals surface area contributed by atoms with E-state index in [1.54, 1.807) is 38.4 Å². The van der Waals surface area contributed by atoms with Crippen molar-refractivity contribution in [1.82, 2.24) is 4.90 Å². The van der Waals surface area contributed by atoms with E-state index in [4.69, 9.17) is 10.00 Å². The standard InChI is InChI=1S/C18H16N2O3/c1-20(2)18(22)15-6-3-13(4-7-15)12-23-17-8-5-14(11-21)9-16(17)10-19/h3-9,11H,12H2,1-2H3. The molecule has 0 atom stereocenters. The smallest absolute Gasteiger partial charge is 0.253 e. The van der Waals surface area contributed by atoms with Crippen LogP contribution in [0.5, 0.6) is 5.75 Å². The number of amides is 1. The highest BCUT2D eigenvalue weighted by Crippen LogP contribution is 2.20. The number of carbonyl (C=O) groups is 2. The molecule has 2 rings (SSSR count). The van der Waals surface area contributed by atoms with Gasteiger partial charge in [0.25, 0.3) is 5.91 Å². The van der Waals surface area contributed by atoms with Gasteiger partial charge in [0.1, 0.15) is 24.7 Å². The fraction of sp³-hybridized carbons (Fsp3) is 0.167. The number of nitriles is 1. The van der Waals surface area contributed by atoms with Crippen LogP contribution in [-0.2, 0) is 6.61 Å². The Kier molecular flexibility index (Phi) is 5.11. The molecular formula is C18H16N2O3. The zero-order valence-electron chi connectivity index (χ0n) is 12.9. The lowest BCUT2D eigenvalue weighted by atomic mass is 10.1. The van der Waals surface area contributed by atoms with Crippen molar-refractivity contribution in [3.63, 3.8) is 0 Å². The summed E-state index contributed by atoms with van der Waals surface area (Å²) < 4.78 is 5.63. The van der Waals surface area contributed by atoms with Gasteiger partial charge in [-0.1, -0.05) is 12.1 Å². The Balaban J connectivity index is 2.08. The minimum Gasteiger partial charge on any atom is -0.488 e. The summed E-state index contributed by atoms with van der Waals surface area (Å²) in [6.45, 7) is 0.269. The van der Waals surface area contributed by atoms with E-state index in [1.165, 1.54) is 11.0 Å². The molecule has 0 unspecified atom stereocenters. The molecule has 0 aliphatic carbocycles. The SMILES string of the molecule is CN(C)C(=O)c1ccc(COc2ccc(C=O)cc2C#N)cc1. The lowest BCUT2D eigenvalue weighted by Crippen LogP contribution is -2.21. The second kappa shape index (κ2) is 7.23. The number of hydrogen-bond donors (Lipinski definition) is 0. The molecule has 5 nitrogen and oxygen atoms in total. The lowest BCUT2D eigenvalue weighted by molar-refractivity contribution is 0.0827. The van der Waals surface area contributed by atoms with Crippen LogP contribution in [0.25, 0.3) is 0 Å². The maximum atomic E-state index is 11.8. The van der Waals surface area contributed by atoms with Gasteiger partial charge in [-0.2, -0.15) is 5.26 Å². The molecule has 0 heterocycles. The van der Waals surface area contributed by atoms with Gasteiger partial charge in [-0.05, 0) is 35.9 Å². The van der Waals surface area contributed by atoms with Crippen molar-refractivity contribution in [3.8, 4) is 11.8 Å². The molecule has 23 heavy (non-hydrogen) atoms. The fourth-order valence-corrected chi connectivity index (χ4v) is 2.00. The molecule has 0 N–H and O–H groups in total. The summed E-state index contributed by atoms with van der Waals surface area (Å²) in [5.41, 5.74) is 2.23. The third-order valence-corrected chi connectivity index (χ3v) is 3.26. The molecule has 116 valence electrons. The molecule has 0 spiro atoms. The molecular weight excluding hydrogens is 292 g/mol. The molecule has 0 radical (unpaired) electrons. The minimum absolute atomic E-state index is 0.0614. The van der Waals surface area contributed by atoms with E-state index in [0.717, 1.165) is 5.56 Å². The highest BCUT2D eigenvalue weighted by atomic mass is 16.5. The molecule has 0 saturated carbocycles. The van der Waals surface area contributed by atoms with Crippen LogP contribution in [0, 0.1) is 11.3 Å². The van der Waals surface area contributed by atoms with Gasteiger partial charge >= 0.3 is 0 Å². The molecule has 0 aliphatic rings. The minimum atomic E-state index is -0.0614. The Morgan fingerprint density at radius 2 is 1.91 bits per heavy atom. The zero-order valence-corrected chi connectivity index (χ0v) is 12.9. The number of aldehydes is 1. The first kappa shape index (κ1) is 16.2. The van der Waals surface area contributed by atoms with Gasteiger partial charge in [0.2, 0.25) is 0 Å². The molecule has 0 aromatic heterocycles. The van der Waals surface area contributed by atoms with E-state index in [1.807, 2.05) is 18.2 Å². The van der Waals surface area contributed by atoms with Gasteiger partial charge in [-0.25, -0.2) is 0 Å². The van der Waals surface area contributed by atoms with Crippen LogP contribution in [-0.4, -0.2) is 31.2 Å². The van der Waals surface area contributed by atoms with Crippen molar-refractivity contribution in [2.45, 2.75) is 6.61 Å². The van der Waals surface area contributed by atoms with Crippen LogP contribution < -0.4 is 4.74 Å². The number of rotatable bonds is 5. The number of nitrogens with zero attached hydrogens (tertiary/aromatic N) is 2. The predicted molar refractivity (Wildman–Crippen MR) is 85.3 cm³/mol. The van der Waals surface area contributed by atoms with Crippen molar-refractivity contribution in [1.29, 1.82) is 5.26 Å². The lowest BCUT2D eigenvalue weighted by Gasteiger charge is -2.11. The van der Waals surface area contributed by atoms with Crippen LogP contribution >= 0.6 is 0 Å². The van der Waals surface area contributed by atoms with Crippen LogP contribution in [0.2, 0.25) is 0 Å². The number of ether oxygens (including phenoxy) is 1. The summed E-state index contributed by atoms with van der Waals surface area (Å²) in [5, 5.41) is 9.10. The molecule has 2 aromatic carbocycles. The summed E-state index contributed by atoms with van der Waals surface area (Å²) in [4.78, 5) is 24.0. The van der Waals surface area contributed by atoms with Crippen LogP contribution in [0.4, 0.5) is 0 Å².